The summed E-state index contributed by atoms with van der Waals surface area (Å²) in [7, 11) is 0. The SMILES string of the molecule is CC(=O)c1cnc(-c2ccc(Cl)c(Br)c2)s1. The third-order valence-electron chi connectivity index (χ3n) is 2.02. The minimum absolute atomic E-state index is 0.0387. The minimum atomic E-state index is 0.0387. The number of aromatic nitrogens is 1. The number of nitrogens with zero attached hydrogens (tertiary/aromatic N) is 1. The first-order chi connectivity index (χ1) is 7.58. The number of rotatable bonds is 2. The van der Waals surface area contributed by atoms with Crippen LogP contribution in [0, 0.1) is 0 Å². The smallest absolute Gasteiger partial charge is 0.171 e. The number of carbonyl (C=O) groups is 1. The average Bonchev–Trinajstić information content (AvgIpc) is 2.71. The molecule has 1 aromatic carbocycles. The van der Waals surface area contributed by atoms with E-state index >= 15 is 0 Å². The van der Waals surface area contributed by atoms with Crippen molar-refractivity contribution in [2.24, 2.45) is 0 Å². The Morgan fingerprint density at radius 1 is 1.50 bits per heavy atom. The lowest BCUT2D eigenvalue weighted by molar-refractivity contribution is 0.102. The van der Waals surface area contributed by atoms with E-state index in [1.54, 1.807) is 12.3 Å². The molecular formula is C11H7BrClNOS. The van der Waals surface area contributed by atoms with Crippen molar-refractivity contribution in [2.75, 3.05) is 0 Å². The molecule has 0 N–H and O–H groups in total. The van der Waals surface area contributed by atoms with E-state index in [0.717, 1.165) is 15.0 Å². The standard InChI is InChI=1S/C11H7BrClNOS/c1-6(15)10-5-14-11(16-10)7-2-3-9(13)8(12)4-7/h2-5H,1H3. The van der Waals surface area contributed by atoms with Gasteiger partial charge >= 0.3 is 0 Å². The fourth-order valence-corrected chi connectivity index (χ4v) is 2.50. The van der Waals surface area contributed by atoms with Gasteiger partial charge in [-0.05, 0) is 28.1 Å². The number of hydrogen-bond donors (Lipinski definition) is 0. The maximum atomic E-state index is 11.2. The Morgan fingerprint density at radius 3 is 2.81 bits per heavy atom. The van der Waals surface area contributed by atoms with Gasteiger partial charge in [-0.15, -0.1) is 11.3 Å². The number of halogens is 2. The predicted octanol–water partition coefficient (Wildman–Crippen LogP) is 4.43. The summed E-state index contributed by atoms with van der Waals surface area (Å²) in [4.78, 5) is 16.0. The molecule has 1 heterocycles. The molecule has 0 fully saturated rings. The van der Waals surface area contributed by atoms with Crippen LogP contribution in [0.3, 0.4) is 0 Å². The summed E-state index contributed by atoms with van der Waals surface area (Å²) in [5.74, 6) is 0.0387. The molecule has 0 unspecified atom stereocenters. The number of hydrogen-bond acceptors (Lipinski definition) is 3. The summed E-state index contributed by atoms with van der Waals surface area (Å²) in [6.07, 6.45) is 1.60. The van der Waals surface area contributed by atoms with Crippen LogP contribution in [0.15, 0.2) is 28.9 Å². The lowest BCUT2D eigenvalue weighted by Gasteiger charge is -1.98. The number of benzene rings is 1. The van der Waals surface area contributed by atoms with Gasteiger partial charge in [0.2, 0.25) is 0 Å². The van der Waals surface area contributed by atoms with Gasteiger partial charge in [-0.2, -0.15) is 0 Å². The fourth-order valence-electron chi connectivity index (χ4n) is 1.20. The second-order valence-corrected chi connectivity index (χ2v) is 5.51. The molecule has 0 saturated carbocycles. The Hall–Kier alpha value is -0.710. The zero-order valence-electron chi connectivity index (χ0n) is 8.33. The van der Waals surface area contributed by atoms with Gasteiger partial charge in [0.15, 0.2) is 5.78 Å². The number of Topliss-reactive ketones (excluding diaryl/α,β-unsaturated/α-hetero) is 1. The van der Waals surface area contributed by atoms with E-state index in [4.69, 9.17) is 11.6 Å². The van der Waals surface area contributed by atoms with Gasteiger partial charge in [-0.3, -0.25) is 4.79 Å². The van der Waals surface area contributed by atoms with Crippen LogP contribution in [0.2, 0.25) is 5.02 Å². The average molecular weight is 317 g/mol. The molecule has 82 valence electrons. The summed E-state index contributed by atoms with van der Waals surface area (Å²) in [6, 6.07) is 5.58. The first-order valence-corrected chi connectivity index (χ1v) is 6.49. The third kappa shape index (κ3) is 2.34. The van der Waals surface area contributed by atoms with Gasteiger partial charge < -0.3 is 0 Å². The van der Waals surface area contributed by atoms with Gasteiger partial charge in [0.25, 0.3) is 0 Å². The van der Waals surface area contributed by atoms with Crippen LogP contribution in [0.4, 0.5) is 0 Å². The normalized spacial score (nSPS) is 10.4. The predicted molar refractivity (Wildman–Crippen MR) is 70.3 cm³/mol. The summed E-state index contributed by atoms with van der Waals surface area (Å²) in [5.41, 5.74) is 0.953. The van der Waals surface area contributed by atoms with E-state index in [1.165, 1.54) is 18.3 Å². The molecule has 0 atom stereocenters. The van der Waals surface area contributed by atoms with Gasteiger partial charge in [-0.25, -0.2) is 4.98 Å². The lowest BCUT2D eigenvalue weighted by atomic mass is 10.2. The largest absolute Gasteiger partial charge is 0.294 e. The second-order valence-electron chi connectivity index (χ2n) is 3.21. The summed E-state index contributed by atoms with van der Waals surface area (Å²) >= 11 is 10.6. The Bertz CT molecular complexity index is 553. The van der Waals surface area contributed by atoms with Crippen LogP contribution in [0.25, 0.3) is 10.6 Å². The Kier molecular flexibility index (Phi) is 3.42. The van der Waals surface area contributed by atoms with Crippen LogP contribution >= 0.6 is 38.9 Å². The number of thiazole rings is 1. The number of ketones is 1. The Balaban J connectivity index is 2.42. The van der Waals surface area contributed by atoms with Crippen LogP contribution in [0.1, 0.15) is 16.6 Å². The Labute approximate surface area is 110 Å². The molecule has 1 aromatic heterocycles. The third-order valence-corrected chi connectivity index (χ3v) is 4.38. The Morgan fingerprint density at radius 2 is 2.25 bits per heavy atom. The molecule has 0 saturated heterocycles. The summed E-state index contributed by atoms with van der Waals surface area (Å²) in [6.45, 7) is 1.54. The lowest BCUT2D eigenvalue weighted by Crippen LogP contribution is -1.83. The molecule has 0 aliphatic rings. The van der Waals surface area contributed by atoms with Crippen molar-refractivity contribution < 1.29 is 4.79 Å². The van der Waals surface area contributed by atoms with E-state index in [9.17, 15) is 4.79 Å². The van der Waals surface area contributed by atoms with Crippen LogP contribution in [-0.4, -0.2) is 10.8 Å². The van der Waals surface area contributed by atoms with Crippen molar-refractivity contribution in [3.8, 4) is 10.6 Å². The quantitative estimate of drug-likeness (QED) is 0.767. The summed E-state index contributed by atoms with van der Waals surface area (Å²) in [5, 5.41) is 1.48. The highest BCUT2D eigenvalue weighted by atomic mass is 79.9. The van der Waals surface area contributed by atoms with Gasteiger partial charge in [0.05, 0.1) is 9.90 Å². The highest BCUT2D eigenvalue weighted by Crippen LogP contribution is 2.31. The van der Waals surface area contributed by atoms with Gasteiger partial charge in [-0.1, -0.05) is 17.7 Å². The van der Waals surface area contributed by atoms with Crippen LogP contribution < -0.4 is 0 Å². The van der Waals surface area contributed by atoms with Crippen molar-refractivity contribution in [1.82, 2.24) is 4.98 Å². The zero-order chi connectivity index (χ0) is 11.7. The van der Waals surface area contributed by atoms with E-state index < -0.39 is 0 Å². The van der Waals surface area contributed by atoms with E-state index in [0.29, 0.717) is 9.90 Å². The van der Waals surface area contributed by atoms with Crippen LogP contribution in [-0.2, 0) is 0 Å². The molecule has 2 nitrogen and oxygen atoms in total. The topological polar surface area (TPSA) is 30.0 Å². The summed E-state index contributed by atoms with van der Waals surface area (Å²) < 4.78 is 0.825. The van der Waals surface area contributed by atoms with E-state index in [-0.39, 0.29) is 5.78 Å². The van der Waals surface area contributed by atoms with Crippen molar-refractivity contribution in [2.45, 2.75) is 6.92 Å². The molecule has 16 heavy (non-hydrogen) atoms. The minimum Gasteiger partial charge on any atom is -0.294 e. The zero-order valence-corrected chi connectivity index (χ0v) is 11.5. The second kappa shape index (κ2) is 4.65. The van der Waals surface area contributed by atoms with Gasteiger partial charge in [0, 0.05) is 23.2 Å². The molecule has 0 bridgehead atoms. The molecule has 5 heteroatoms. The molecule has 0 amide bonds. The monoisotopic (exact) mass is 315 g/mol. The number of carbonyl (C=O) groups excluding carboxylic acids is 1. The maximum absolute atomic E-state index is 11.2. The molecule has 0 aliphatic heterocycles. The first-order valence-electron chi connectivity index (χ1n) is 4.50. The molecule has 2 rings (SSSR count). The molecular weight excluding hydrogens is 310 g/mol. The molecule has 0 spiro atoms. The van der Waals surface area contributed by atoms with Crippen molar-refractivity contribution >= 4 is 44.7 Å². The molecule has 0 radical (unpaired) electrons. The van der Waals surface area contributed by atoms with Crippen molar-refractivity contribution in [1.29, 1.82) is 0 Å². The van der Waals surface area contributed by atoms with Gasteiger partial charge in [0.1, 0.15) is 5.01 Å². The highest BCUT2D eigenvalue weighted by molar-refractivity contribution is 9.10. The van der Waals surface area contributed by atoms with E-state index in [1.807, 2.05) is 12.1 Å². The molecule has 2 aromatic rings. The van der Waals surface area contributed by atoms with Crippen molar-refractivity contribution in [3.05, 3.63) is 38.8 Å². The fraction of sp³-hybridized carbons (Fsp3) is 0.0909. The molecule has 0 aliphatic carbocycles. The maximum Gasteiger partial charge on any atom is 0.171 e. The van der Waals surface area contributed by atoms with E-state index in [2.05, 4.69) is 20.9 Å². The van der Waals surface area contributed by atoms with Crippen molar-refractivity contribution in [3.63, 3.8) is 0 Å². The highest BCUT2D eigenvalue weighted by Gasteiger charge is 2.08. The first kappa shape index (κ1) is 11.8. The van der Waals surface area contributed by atoms with Crippen LogP contribution in [0.5, 0.6) is 0 Å².